The van der Waals surface area contributed by atoms with Crippen LogP contribution in [0.5, 0.6) is 5.88 Å². The van der Waals surface area contributed by atoms with Gasteiger partial charge in [0.1, 0.15) is 11.6 Å². The Balaban J connectivity index is 2.73. The fourth-order valence-corrected chi connectivity index (χ4v) is 2.29. The first-order valence-electron chi connectivity index (χ1n) is 8.82. The number of methoxy groups -OCH3 is 1. The van der Waals surface area contributed by atoms with Crippen molar-refractivity contribution < 1.29 is 28.6 Å². The maximum absolute atomic E-state index is 12.2. The van der Waals surface area contributed by atoms with E-state index in [0.29, 0.717) is 11.4 Å². The Morgan fingerprint density at radius 1 is 1.22 bits per heavy atom. The quantitative estimate of drug-likeness (QED) is 0.652. The van der Waals surface area contributed by atoms with Gasteiger partial charge in [0.2, 0.25) is 11.8 Å². The number of nitrogens with zero attached hydrogens (tertiary/aromatic N) is 1. The molecule has 0 spiro atoms. The van der Waals surface area contributed by atoms with Gasteiger partial charge < -0.3 is 19.5 Å². The van der Waals surface area contributed by atoms with Crippen molar-refractivity contribution in [2.45, 2.75) is 58.6 Å². The minimum atomic E-state index is -0.908. The molecule has 1 unspecified atom stereocenters. The maximum Gasteiger partial charge on any atom is 0.328 e. The minimum Gasteiger partial charge on any atom is -0.481 e. The second-order valence-corrected chi connectivity index (χ2v) is 6.83. The lowest BCUT2D eigenvalue weighted by Crippen LogP contribution is -2.43. The van der Waals surface area contributed by atoms with Crippen LogP contribution in [0.25, 0.3) is 0 Å². The molecule has 8 heteroatoms. The Kier molecular flexibility index (Phi) is 8.71. The number of rotatable bonds is 9. The van der Waals surface area contributed by atoms with Gasteiger partial charge in [0.05, 0.1) is 20.1 Å². The van der Waals surface area contributed by atoms with E-state index in [2.05, 4.69) is 10.3 Å². The molecule has 1 N–H and O–H groups in total. The Hall–Kier alpha value is -2.64. The molecule has 0 fully saturated rings. The number of esters is 2. The summed E-state index contributed by atoms with van der Waals surface area (Å²) in [5.74, 6) is -1.11. The highest BCUT2D eigenvalue weighted by Gasteiger charge is 2.25. The summed E-state index contributed by atoms with van der Waals surface area (Å²) >= 11 is 0. The van der Waals surface area contributed by atoms with Gasteiger partial charge >= 0.3 is 11.9 Å². The zero-order chi connectivity index (χ0) is 20.4. The lowest BCUT2D eigenvalue weighted by Gasteiger charge is -2.20. The fourth-order valence-electron chi connectivity index (χ4n) is 2.29. The van der Waals surface area contributed by atoms with Gasteiger partial charge in [-0.1, -0.05) is 6.07 Å². The second-order valence-electron chi connectivity index (χ2n) is 6.83. The van der Waals surface area contributed by atoms with Crippen LogP contribution in [0.15, 0.2) is 18.3 Å². The SMILES string of the molecule is CCOC(=O)C(Cc1cccnc1OC)NC(=O)CCC(=O)OC(C)(C)C. The van der Waals surface area contributed by atoms with Crippen LogP contribution in [-0.4, -0.2) is 48.2 Å². The highest BCUT2D eigenvalue weighted by molar-refractivity contribution is 5.86. The van der Waals surface area contributed by atoms with Gasteiger partial charge in [0, 0.05) is 24.6 Å². The molecule has 1 aromatic heterocycles. The van der Waals surface area contributed by atoms with Crippen molar-refractivity contribution in [1.82, 2.24) is 10.3 Å². The molecule has 1 amide bonds. The molecule has 1 aromatic rings. The molecule has 1 heterocycles. The largest absolute Gasteiger partial charge is 0.481 e. The zero-order valence-electron chi connectivity index (χ0n) is 16.5. The number of aromatic nitrogens is 1. The number of ether oxygens (including phenoxy) is 3. The standard InChI is InChI=1S/C19H28N2O6/c1-6-26-18(24)14(12-13-8-7-11-20-17(13)25-5)21-15(22)9-10-16(23)27-19(2,3)4/h7-8,11,14H,6,9-10,12H2,1-5H3,(H,21,22). The van der Waals surface area contributed by atoms with Crippen LogP contribution in [-0.2, 0) is 30.3 Å². The molecule has 0 radical (unpaired) electrons. The summed E-state index contributed by atoms with van der Waals surface area (Å²) in [6, 6.07) is 2.56. The molecule has 0 aromatic carbocycles. The summed E-state index contributed by atoms with van der Waals surface area (Å²) in [6.07, 6.45) is 1.57. The number of carbonyl (C=O) groups is 3. The van der Waals surface area contributed by atoms with Gasteiger partial charge in [-0.25, -0.2) is 9.78 Å². The molecular formula is C19H28N2O6. The van der Waals surface area contributed by atoms with Gasteiger partial charge in [0.25, 0.3) is 0 Å². The van der Waals surface area contributed by atoms with E-state index in [-0.39, 0.29) is 25.9 Å². The summed E-state index contributed by atoms with van der Waals surface area (Å²) in [5.41, 5.74) is 0.0447. The fraction of sp³-hybridized carbons (Fsp3) is 0.579. The predicted molar refractivity (Wildman–Crippen MR) is 98.1 cm³/mol. The van der Waals surface area contributed by atoms with Crippen LogP contribution in [0.3, 0.4) is 0 Å². The van der Waals surface area contributed by atoms with Gasteiger partial charge in [-0.3, -0.25) is 9.59 Å². The third-order valence-corrected chi connectivity index (χ3v) is 3.35. The molecular weight excluding hydrogens is 352 g/mol. The van der Waals surface area contributed by atoms with E-state index in [1.54, 1.807) is 46.0 Å². The van der Waals surface area contributed by atoms with Crippen LogP contribution in [0.1, 0.15) is 46.1 Å². The van der Waals surface area contributed by atoms with Gasteiger partial charge in [-0.15, -0.1) is 0 Å². The Morgan fingerprint density at radius 2 is 1.93 bits per heavy atom. The monoisotopic (exact) mass is 380 g/mol. The molecule has 0 aliphatic rings. The number of amides is 1. The molecule has 0 bridgehead atoms. The predicted octanol–water partition coefficient (Wildman–Crippen LogP) is 1.80. The van der Waals surface area contributed by atoms with Crippen molar-refractivity contribution in [1.29, 1.82) is 0 Å². The number of nitrogens with one attached hydrogen (secondary N) is 1. The second kappa shape index (κ2) is 10.5. The summed E-state index contributed by atoms with van der Waals surface area (Å²) in [4.78, 5) is 40.2. The van der Waals surface area contributed by atoms with Crippen LogP contribution in [0.4, 0.5) is 0 Å². The topological polar surface area (TPSA) is 104 Å². The van der Waals surface area contributed by atoms with Crippen LogP contribution < -0.4 is 10.1 Å². The van der Waals surface area contributed by atoms with Gasteiger partial charge in [-0.05, 0) is 33.8 Å². The first-order chi connectivity index (χ1) is 12.7. The van der Waals surface area contributed by atoms with Gasteiger partial charge in [-0.2, -0.15) is 0 Å². The third kappa shape index (κ3) is 8.52. The smallest absolute Gasteiger partial charge is 0.328 e. The summed E-state index contributed by atoms with van der Waals surface area (Å²) < 4.78 is 15.4. The summed E-state index contributed by atoms with van der Waals surface area (Å²) in [5, 5.41) is 2.62. The third-order valence-electron chi connectivity index (χ3n) is 3.35. The van der Waals surface area contributed by atoms with E-state index in [1.165, 1.54) is 7.11 Å². The normalized spacial score (nSPS) is 12.0. The van der Waals surface area contributed by atoms with E-state index < -0.39 is 29.5 Å². The van der Waals surface area contributed by atoms with E-state index >= 15 is 0 Å². The first kappa shape index (κ1) is 22.4. The molecule has 0 saturated carbocycles. The van der Waals surface area contributed by atoms with E-state index in [9.17, 15) is 14.4 Å². The molecule has 0 aliphatic heterocycles. The van der Waals surface area contributed by atoms with Gasteiger partial charge in [0.15, 0.2) is 0 Å². The summed E-state index contributed by atoms with van der Waals surface area (Å²) in [7, 11) is 1.48. The highest BCUT2D eigenvalue weighted by atomic mass is 16.6. The average Bonchev–Trinajstić information content (AvgIpc) is 2.58. The molecule has 0 aliphatic carbocycles. The molecule has 1 atom stereocenters. The number of hydrogen-bond acceptors (Lipinski definition) is 7. The van der Waals surface area contributed by atoms with Crippen LogP contribution in [0.2, 0.25) is 0 Å². The van der Waals surface area contributed by atoms with Crippen molar-refractivity contribution >= 4 is 17.8 Å². The molecule has 0 saturated heterocycles. The Labute approximate surface area is 159 Å². The molecule has 27 heavy (non-hydrogen) atoms. The van der Waals surface area contributed by atoms with Crippen molar-refractivity contribution in [2.24, 2.45) is 0 Å². The van der Waals surface area contributed by atoms with Crippen LogP contribution in [0, 0.1) is 0 Å². The Morgan fingerprint density at radius 3 is 2.52 bits per heavy atom. The lowest BCUT2D eigenvalue weighted by atomic mass is 10.1. The van der Waals surface area contributed by atoms with Crippen molar-refractivity contribution in [2.75, 3.05) is 13.7 Å². The van der Waals surface area contributed by atoms with E-state index in [4.69, 9.17) is 14.2 Å². The Bertz CT molecular complexity index is 654. The van der Waals surface area contributed by atoms with E-state index in [0.717, 1.165) is 0 Å². The number of hydrogen-bond donors (Lipinski definition) is 1. The lowest BCUT2D eigenvalue weighted by molar-refractivity contribution is -0.155. The summed E-state index contributed by atoms with van der Waals surface area (Å²) in [6.45, 7) is 7.13. The van der Waals surface area contributed by atoms with Crippen molar-refractivity contribution in [3.8, 4) is 5.88 Å². The van der Waals surface area contributed by atoms with Crippen molar-refractivity contribution in [3.05, 3.63) is 23.9 Å². The average molecular weight is 380 g/mol. The molecule has 8 nitrogen and oxygen atoms in total. The highest BCUT2D eigenvalue weighted by Crippen LogP contribution is 2.16. The zero-order valence-corrected chi connectivity index (χ0v) is 16.5. The van der Waals surface area contributed by atoms with Crippen LogP contribution >= 0.6 is 0 Å². The maximum atomic E-state index is 12.2. The molecule has 150 valence electrons. The van der Waals surface area contributed by atoms with E-state index in [1.807, 2.05) is 0 Å². The number of pyridine rings is 1. The first-order valence-corrected chi connectivity index (χ1v) is 8.82. The molecule has 1 rings (SSSR count). The number of carbonyl (C=O) groups excluding carboxylic acids is 3. The minimum absolute atomic E-state index is 0.0745. The van der Waals surface area contributed by atoms with Crippen molar-refractivity contribution in [3.63, 3.8) is 0 Å².